The SMILES string of the molecule is C/C=C\C(C#N)=C/CCC1C=CC(C2C=C(Cl)C=C([B]OC(C)(C)C(C)(C)O)C2)=C[C@@H]1C. The van der Waals surface area contributed by atoms with Gasteiger partial charge in [-0.3, -0.25) is 0 Å². The van der Waals surface area contributed by atoms with Crippen molar-refractivity contribution < 1.29 is 9.76 Å². The fraction of sp³-hybridized carbons (Fsp3) is 0.519. The molecule has 171 valence electrons. The highest BCUT2D eigenvalue weighted by Crippen LogP contribution is 2.36. The molecule has 0 heterocycles. The van der Waals surface area contributed by atoms with Gasteiger partial charge in [0.05, 0.1) is 17.3 Å². The molecule has 0 aromatic heterocycles. The monoisotopic (exact) mass is 452 g/mol. The quantitative estimate of drug-likeness (QED) is 0.239. The summed E-state index contributed by atoms with van der Waals surface area (Å²) in [4.78, 5) is 0. The number of nitrogens with zero attached hydrogens (tertiary/aromatic N) is 1. The van der Waals surface area contributed by atoms with E-state index in [0.29, 0.717) is 16.9 Å². The second-order valence-corrected chi connectivity index (χ2v) is 10.2. The molecule has 2 aliphatic carbocycles. The summed E-state index contributed by atoms with van der Waals surface area (Å²) < 4.78 is 5.95. The standard InChI is InChI=1S/C27H36BClNO2/c1-7-9-20(18-30)10-8-11-21-12-13-22(14-19(21)2)23-15-24(17-25(29)16-23)28-32-27(5,6)26(3,4)31/h7,9-10,12-14,16-17,19,21,23,31H,8,11,15H2,1-6H3/b9-7-,20-10+/t19-,21?,23?/m0/s1. The molecule has 0 fully saturated rings. The maximum atomic E-state index is 10.3. The zero-order valence-corrected chi connectivity index (χ0v) is 21.0. The van der Waals surface area contributed by atoms with Gasteiger partial charge in [-0.15, -0.1) is 0 Å². The molecule has 0 saturated carbocycles. The highest BCUT2D eigenvalue weighted by molar-refractivity contribution is 6.40. The molecule has 0 aromatic rings. The van der Waals surface area contributed by atoms with Crippen molar-refractivity contribution in [2.24, 2.45) is 17.8 Å². The molecule has 1 radical (unpaired) electrons. The first-order valence-corrected chi connectivity index (χ1v) is 11.8. The van der Waals surface area contributed by atoms with Crippen LogP contribution in [0.3, 0.4) is 0 Å². The Morgan fingerprint density at radius 2 is 2.06 bits per heavy atom. The van der Waals surface area contributed by atoms with Gasteiger partial charge in [0.1, 0.15) is 0 Å². The van der Waals surface area contributed by atoms with Crippen LogP contribution in [0.4, 0.5) is 0 Å². The molecule has 2 rings (SSSR count). The van der Waals surface area contributed by atoms with Gasteiger partial charge >= 0.3 is 7.48 Å². The Bertz CT molecular complexity index is 894. The minimum Gasteiger partial charge on any atom is -0.427 e. The Balaban J connectivity index is 1.99. The van der Waals surface area contributed by atoms with Crippen LogP contribution < -0.4 is 0 Å². The summed E-state index contributed by atoms with van der Waals surface area (Å²) in [6.45, 7) is 11.4. The Kier molecular flexibility index (Phi) is 9.40. The van der Waals surface area contributed by atoms with E-state index in [1.807, 2.05) is 45.1 Å². The first-order chi connectivity index (χ1) is 15.0. The lowest BCUT2D eigenvalue weighted by atomic mass is 9.72. The number of hydrogen-bond donors (Lipinski definition) is 1. The maximum absolute atomic E-state index is 10.3. The van der Waals surface area contributed by atoms with E-state index in [0.717, 1.165) is 30.3 Å². The number of nitriles is 1. The lowest BCUT2D eigenvalue weighted by Crippen LogP contribution is -2.48. The predicted octanol–water partition coefficient (Wildman–Crippen LogP) is 6.75. The molecule has 0 spiro atoms. The molecular weight excluding hydrogens is 417 g/mol. The highest BCUT2D eigenvalue weighted by atomic mass is 35.5. The van der Waals surface area contributed by atoms with Crippen molar-refractivity contribution in [3.8, 4) is 6.07 Å². The zero-order valence-electron chi connectivity index (χ0n) is 20.2. The molecule has 32 heavy (non-hydrogen) atoms. The Morgan fingerprint density at radius 3 is 2.66 bits per heavy atom. The van der Waals surface area contributed by atoms with Crippen LogP contribution in [0.25, 0.3) is 0 Å². The van der Waals surface area contributed by atoms with Crippen LogP contribution in [0.15, 0.2) is 70.3 Å². The van der Waals surface area contributed by atoms with E-state index in [9.17, 15) is 5.11 Å². The molecule has 0 amide bonds. The smallest absolute Gasteiger partial charge is 0.326 e. The number of halogens is 1. The summed E-state index contributed by atoms with van der Waals surface area (Å²) >= 11 is 6.44. The third-order valence-corrected chi connectivity index (χ3v) is 6.79. The van der Waals surface area contributed by atoms with Crippen LogP contribution in [0.2, 0.25) is 0 Å². The van der Waals surface area contributed by atoms with Crippen molar-refractivity contribution in [1.29, 1.82) is 5.26 Å². The molecule has 0 bridgehead atoms. The van der Waals surface area contributed by atoms with E-state index in [1.165, 1.54) is 5.57 Å². The van der Waals surface area contributed by atoms with Gasteiger partial charge in [0, 0.05) is 16.5 Å². The van der Waals surface area contributed by atoms with Gasteiger partial charge in [0.2, 0.25) is 0 Å². The third-order valence-electron chi connectivity index (χ3n) is 6.55. The summed E-state index contributed by atoms with van der Waals surface area (Å²) in [5.74, 6) is 1.08. The minimum absolute atomic E-state index is 0.201. The van der Waals surface area contributed by atoms with E-state index in [2.05, 4.69) is 37.3 Å². The first kappa shape index (κ1) is 26.5. The largest absolute Gasteiger partial charge is 0.427 e. The zero-order chi connectivity index (χ0) is 23.9. The molecule has 3 atom stereocenters. The van der Waals surface area contributed by atoms with Gasteiger partial charge in [-0.2, -0.15) is 5.26 Å². The van der Waals surface area contributed by atoms with Gasteiger partial charge < -0.3 is 9.76 Å². The average Bonchev–Trinajstić information content (AvgIpc) is 2.71. The van der Waals surface area contributed by atoms with Crippen LogP contribution in [0, 0.1) is 29.1 Å². The topological polar surface area (TPSA) is 53.2 Å². The lowest BCUT2D eigenvalue weighted by Gasteiger charge is -2.38. The Morgan fingerprint density at radius 1 is 1.34 bits per heavy atom. The number of allylic oxidation sites excluding steroid dienone is 12. The Hall–Kier alpha value is -1.80. The van der Waals surface area contributed by atoms with Crippen molar-refractivity contribution in [3.05, 3.63) is 70.3 Å². The fourth-order valence-corrected chi connectivity index (χ4v) is 4.01. The van der Waals surface area contributed by atoms with Crippen molar-refractivity contribution in [3.63, 3.8) is 0 Å². The molecule has 5 heteroatoms. The predicted molar refractivity (Wildman–Crippen MR) is 135 cm³/mol. The highest BCUT2D eigenvalue weighted by Gasteiger charge is 2.36. The summed E-state index contributed by atoms with van der Waals surface area (Å²) in [5.41, 5.74) is 1.34. The summed E-state index contributed by atoms with van der Waals surface area (Å²) in [5, 5.41) is 20.2. The van der Waals surface area contributed by atoms with Crippen LogP contribution >= 0.6 is 11.6 Å². The maximum Gasteiger partial charge on any atom is 0.326 e. The lowest BCUT2D eigenvalue weighted by molar-refractivity contribution is -0.0897. The van der Waals surface area contributed by atoms with E-state index >= 15 is 0 Å². The molecule has 2 aliphatic rings. The molecule has 0 saturated heterocycles. The second-order valence-electron chi connectivity index (χ2n) is 9.78. The summed E-state index contributed by atoms with van der Waals surface area (Å²) in [7, 11) is 1.74. The van der Waals surface area contributed by atoms with Crippen LogP contribution in [0.5, 0.6) is 0 Å². The van der Waals surface area contributed by atoms with Gasteiger partial charge in [0.25, 0.3) is 0 Å². The first-order valence-electron chi connectivity index (χ1n) is 11.4. The fourth-order valence-electron chi connectivity index (χ4n) is 3.71. The molecule has 0 aromatic carbocycles. The number of hydrogen-bond acceptors (Lipinski definition) is 3. The summed E-state index contributed by atoms with van der Waals surface area (Å²) in [6, 6.07) is 2.23. The average molecular weight is 453 g/mol. The van der Waals surface area contributed by atoms with Crippen LogP contribution in [-0.4, -0.2) is 23.8 Å². The van der Waals surface area contributed by atoms with Crippen LogP contribution in [-0.2, 0) is 4.65 Å². The molecule has 3 nitrogen and oxygen atoms in total. The van der Waals surface area contributed by atoms with Gasteiger partial charge in [-0.05, 0) is 77.4 Å². The van der Waals surface area contributed by atoms with Crippen molar-refractivity contribution in [2.75, 3.05) is 0 Å². The van der Waals surface area contributed by atoms with Gasteiger partial charge in [0.15, 0.2) is 0 Å². The van der Waals surface area contributed by atoms with Crippen molar-refractivity contribution >= 4 is 19.1 Å². The number of rotatable bonds is 9. The van der Waals surface area contributed by atoms with E-state index in [-0.39, 0.29) is 5.92 Å². The Labute approximate surface area is 200 Å². The molecule has 1 N–H and O–H groups in total. The van der Waals surface area contributed by atoms with E-state index in [4.69, 9.17) is 21.5 Å². The van der Waals surface area contributed by atoms with Crippen molar-refractivity contribution in [1.82, 2.24) is 0 Å². The van der Waals surface area contributed by atoms with E-state index < -0.39 is 11.2 Å². The molecule has 2 unspecified atom stereocenters. The normalized spacial score (nSPS) is 24.7. The molecular formula is C27H36BClNO2. The van der Waals surface area contributed by atoms with E-state index in [1.54, 1.807) is 21.3 Å². The second kappa shape index (κ2) is 11.4. The van der Waals surface area contributed by atoms with Crippen molar-refractivity contribution in [2.45, 2.75) is 72.0 Å². The van der Waals surface area contributed by atoms with Gasteiger partial charge in [-0.1, -0.05) is 66.5 Å². The van der Waals surface area contributed by atoms with Gasteiger partial charge in [-0.25, -0.2) is 0 Å². The number of aliphatic hydroxyl groups is 1. The minimum atomic E-state index is -0.965. The summed E-state index contributed by atoms with van der Waals surface area (Å²) in [6.07, 6.45) is 19.4. The molecule has 0 aliphatic heterocycles. The van der Waals surface area contributed by atoms with Crippen LogP contribution in [0.1, 0.15) is 60.8 Å². The third kappa shape index (κ3) is 7.37.